The van der Waals surface area contributed by atoms with Crippen molar-refractivity contribution in [3.05, 3.63) is 41.5 Å². The Labute approximate surface area is 134 Å². The van der Waals surface area contributed by atoms with Gasteiger partial charge in [-0.05, 0) is 25.5 Å². The highest BCUT2D eigenvalue weighted by Crippen LogP contribution is 2.33. The summed E-state index contributed by atoms with van der Waals surface area (Å²) in [4.78, 5) is 17.1. The molecule has 1 atom stereocenters. The number of ether oxygens (including phenoxy) is 2. The number of nitrogens with one attached hydrogen (secondary N) is 1. The van der Waals surface area contributed by atoms with Crippen molar-refractivity contribution in [2.45, 2.75) is 32.4 Å². The molecule has 120 valence electrons. The van der Waals surface area contributed by atoms with Crippen molar-refractivity contribution in [3.63, 3.8) is 0 Å². The van der Waals surface area contributed by atoms with E-state index in [-0.39, 0.29) is 11.9 Å². The van der Waals surface area contributed by atoms with Gasteiger partial charge >= 0.3 is 0 Å². The number of hydrogen-bond acceptors (Lipinski definition) is 4. The first kappa shape index (κ1) is 14.1. The molecular formula is C17H19N3O3. The minimum atomic E-state index is -0.113. The molecule has 1 unspecified atom stereocenters. The van der Waals surface area contributed by atoms with E-state index in [4.69, 9.17) is 9.47 Å². The Hall–Kier alpha value is -2.50. The molecule has 2 aliphatic rings. The van der Waals surface area contributed by atoms with Crippen LogP contribution in [0.2, 0.25) is 0 Å². The van der Waals surface area contributed by atoms with Gasteiger partial charge in [0.2, 0.25) is 0 Å². The SMILES string of the molecule is Cc1cn2c(n1)CCC(NC(=O)c1cccc3c1OCCO3)C2. The molecule has 23 heavy (non-hydrogen) atoms. The lowest BCUT2D eigenvalue weighted by Gasteiger charge is -2.26. The number of aromatic nitrogens is 2. The van der Waals surface area contributed by atoms with Crippen LogP contribution >= 0.6 is 0 Å². The van der Waals surface area contributed by atoms with Crippen molar-refractivity contribution in [1.82, 2.24) is 14.9 Å². The second-order valence-electron chi connectivity index (χ2n) is 5.99. The Bertz CT molecular complexity index is 754. The average molecular weight is 313 g/mol. The maximum absolute atomic E-state index is 12.6. The fourth-order valence-electron chi connectivity index (χ4n) is 3.22. The van der Waals surface area contributed by atoms with Crippen molar-refractivity contribution >= 4 is 5.91 Å². The van der Waals surface area contributed by atoms with E-state index in [9.17, 15) is 4.79 Å². The summed E-state index contributed by atoms with van der Waals surface area (Å²) >= 11 is 0. The number of para-hydroxylation sites is 1. The van der Waals surface area contributed by atoms with Gasteiger partial charge in [-0.2, -0.15) is 0 Å². The lowest BCUT2D eigenvalue weighted by Crippen LogP contribution is -2.41. The van der Waals surface area contributed by atoms with Crippen LogP contribution < -0.4 is 14.8 Å². The van der Waals surface area contributed by atoms with Gasteiger partial charge in [-0.1, -0.05) is 6.07 Å². The molecule has 4 rings (SSSR count). The van der Waals surface area contributed by atoms with Gasteiger partial charge in [-0.15, -0.1) is 0 Å². The fraction of sp³-hybridized carbons (Fsp3) is 0.412. The van der Waals surface area contributed by atoms with Gasteiger partial charge < -0.3 is 19.4 Å². The zero-order valence-electron chi connectivity index (χ0n) is 13.0. The second-order valence-corrected chi connectivity index (χ2v) is 5.99. The molecule has 2 aromatic rings. The number of hydrogen-bond donors (Lipinski definition) is 1. The zero-order chi connectivity index (χ0) is 15.8. The van der Waals surface area contributed by atoms with Gasteiger partial charge in [0.25, 0.3) is 5.91 Å². The fourth-order valence-corrected chi connectivity index (χ4v) is 3.22. The quantitative estimate of drug-likeness (QED) is 0.916. The van der Waals surface area contributed by atoms with E-state index in [1.165, 1.54) is 0 Å². The number of carbonyl (C=O) groups is 1. The third-order valence-electron chi connectivity index (χ3n) is 4.26. The normalized spacial score (nSPS) is 19.1. The average Bonchev–Trinajstić information content (AvgIpc) is 2.93. The minimum Gasteiger partial charge on any atom is -0.486 e. The van der Waals surface area contributed by atoms with E-state index in [0.717, 1.165) is 30.9 Å². The number of aryl methyl sites for hydroxylation is 2. The first-order valence-electron chi connectivity index (χ1n) is 7.93. The molecule has 1 aromatic heterocycles. The highest BCUT2D eigenvalue weighted by Gasteiger charge is 2.25. The minimum absolute atomic E-state index is 0.101. The van der Waals surface area contributed by atoms with Gasteiger partial charge in [0.05, 0.1) is 11.3 Å². The molecule has 6 nitrogen and oxygen atoms in total. The molecule has 1 amide bonds. The van der Waals surface area contributed by atoms with E-state index >= 15 is 0 Å². The Morgan fingerprint density at radius 2 is 2.22 bits per heavy atom. The van der Waals surface area contributed by atoms with Gasteiger partial charge in [-0.25, -0.2) is 4.98 Å². The van der Waals surface area contributed by atoms with Crippen LogP contribution in [-0.4, -0.2) is 34.7 Å². The Balaban J connectivity index is 1.51. The molecule has 2 aliphatic heterocycles. The maximum Gasteiger partial charge on any atom is 0.255 e. The largest absolute Gasteiger partial charge is 0.486 e. The Kier molecular flexibility index (Phi) is 3.44. The molecule has 1 N–H and O–H groups in total. The van der Waals surface area contributed by atoms with Crippen molar-refractivity contribution < 1.29 is 14.3 Å². The summed E-state index contributed by atoms with van der Waals surface area (Å²) in [5.74, 6) is 2.17. The van der Waals surface area contributed by atoms with E-state index in [0.29, 0.717) is 30.3 Å². The van der Waals surface area contributed by atoms with Crippen LogP contribution in [0.5, 0.6) is 11.5 Å². The lowest BCUT2D eigenvalue weighted by atomic mass is 10.1. The molecular weight excluding hydrogens is 294 g/mol. The smallest absolute Gasteiger partial charge is 0.255 e. The number of rotatable bonds is 2. The summed E-state index contributed by atoms with van der Waals surface area (Å²) in [6.07, 6.45) is 3.81. The van der Waals surface area contributed by atoms with Gasteiger partial charge in [0.1, 0.15) is 19.0 Å². The predicted molar refractivity (Wildman–Crippen MR) is 84.0 cm³/mol. The van der Waals surface area contributed by atoms with E-state index < -0.39 is 0 Å². The van der Waals surface area contributed by atoms with Crippen LogP contribution in [0.3, 0.4) is 0 Å². The van der Waals surface area contributed by atoms with Gasteiger partial charge in [-0.3, -0.25) is 4.79 Å². The van der Waals surface area contributed by atoms with E-state index in [2.05, 4.69) is 14.9 Å². The van der Waals surface area contributed by atoms with Crippen molar-refractivity contribution in [1.29, 1.82) is 0 Å². The summed E-state index contributed by atoms with van der Waals surface area (Å²) in [5, 5.41) is 3.11. The third kappa shape index (κ3) is 2.65. The van der Waals surface area contributed by atoms with Crippen LogP contribution in [0.25, 0.3) is 0 Å². The molecule has 0 bridgehead atoms. The van der Waals surface area contributed by atoms with Crippen LogP contribution in [0.4, 0.5) is 0 Å². The van der Waals surface area contributed by atoms with Crippen molar-refractivity contribution in [3.8, 4) is 11.5 Å². The third-order valence-corrected chi connectivity index (χ3v) is 4.26. The topological polar surface area (TPSA) is 65.4 Å². The molecule has 0 aliphatic carbocycles. The Morgan fingerprint density at radius 1 is 1.35 bits per heavy atom. The molecule has 6 heteroatoms. The standard InChI is InChI=1S/C17H19N3O3/c1-11-9-20-10-12(5-6-15(20)18-11)19-17(21)13-3-2-4-14-16(13)23-8-7-22-14/h2-4,9,12H,5-8,10H2,1H3,(H,19,21). The van der Waals surface area contributed by atoms with Crippen LogP contribution in [-0.2, 0) is 13.0 Å². The maximum atomic E-state index is 12.6. The number of imidazole rings is 1. The van der Waals surface area contributed by atoms with Crippen LogP contribution in [0, 0.1) is 6.92 Å². The van der Waals surface area contributed by atoms with E-state index in [1.54, 1.807) is 6.07 Å². The zero-order valence-corrected chi connectivity index (χ0v) is 13.0. The summed E-state index contributed by atoms with van der Waals surface area (Å²) in [7, 11) is 0. The Morgan fingerprint density at radius 3 is 3.13 bits per heavy atom. The molecule has 0 spiro atoms. The molecule has 0 radical (unpaired) electrons. The molecule has 0 saturated heterocycles. The van der Waals surface area contributed by atoms with E-state index in [1.807, 2.05) is 25.3 Å². The summed E-state index contributed by atoms with van der Waals surface area (Å²) in [6, 6.07) is 5.52. The van der Waals surface area contributed by atoms with Crippen molar-refractivity contribution in [2.24, 2.45) is 0 Å². The first-order valence-corrected chi connectivity index (χ1v) is 7.93. The summed E-state index contributed by atoms with van der Waals surface area (Å²) in [6.45, 7) is 3.74. The number of benzene rings is 1. The molecule has 1 aromatic carbocycles. The van der Waals surface area contributed by atoms with Gasteiger partial charge in [0.15, 0.2) is 11.5 Å². The predicted octanol–water partition coefficient (Wildman–Crippen LogP) is 1.71. The van der Waals surface area contributed by atoms with Crippen LogP contribution in [0.1, 0.15) is 28.3 Å². The molecule has 3 heterocycles. The van der Waals surface area contributed by atoms with Crippen LogP contribution in [0.15, 0.2) is 24.4 Å². The van der Waals surface area contributed by atoms with Gasteiger partial charge in [0, 0.05) is 25.2 Å². The second kappa shape index (κ2) is 5.61. The lowest BCUT2D eigenvalue weighted by molar-refractivity contribution is 0.0916. The number of carbonyl (C=O) groups excluding carboxylic acids is 1. The number of nitrogens with zero attached hydrogens (tertiary/aromatic N) is 2. The molecule has 0 saturated carbocycles. The first-order chi connectivity index (χ1) is 11.2. The highest BCUT2D eigenvalue weighted by atomic mass is 16.6. The number of amides is 1. The summed E-state index contributed by atoms with van der Waals surface area (Å²) < 4.78 is 13.3. The molecule has 0 fully saturated rings. The van der Waals surface area contributed by atoms with Crippen molar-refractivity contribution in [2.75, 3.05) is 13.2 Å². The summed E-state index contributed by atoms with van der Waals surface area (Å²) in [5.41, 5.74) is 1.56. The number of fused-ring (bicyclic) bond motifs is 2. The monoisotopic (exact) mass is 313 g/mol. The highest BCUT2D eigenvalue weighted by molar-refractivity contribution is 5.98.